The number of nitrogens with two attached hydrogens (primary N) is 1. The lowest BCUT2D eigenvalue weighted by molar-refractivity contribution is -0.116. The molecule has 0 saturated carbocycles. The van der Waals surface area contributed by atoms with Crippen LogP contribution in [0.2, 0.25) is 0 Å². The lowest BCUT2D eigenvalue weighted by atomic mass is 9.97. The molecular weight excluding hydrogens is 236 g/mol. The van der Waals surface area contributed by atoms with E-state index < -0.39 is 0 Å². The van der Waals surface area contributed by atoms with Gasteiger partial charge in [0.15, 0.2) is 0 Å². The van der Waals surface area contributed by atoms with Gasteiger partial charge in [0.2, 0.25) is 5.91 Å². The molecule has 0 bridgehead atoms. The van der Waals surface area contributed by atoms with Crippen LogP contribution >= 0.6 is 0 Å². The van der Waals surface area contributed by atoms with E-state index in [-0.39, 0.29) is 11.9 Å². The van der Waals surface area contributed by atoms with Crippen molar-refractivity contribution in [3.8, 4) is 0 Å². The van der Waals surface area contributed by atoms with Crippen LogP contribution in [0.5, 0.6) is 0 Å². The molecule has 1 atom stereocenters. The Balaban J connectivity index is 2.85. The summed E-state index contributed by atoms with van der Waals surface area (Å²) in [5.41, 5.74) is 9.16. The highest BCUT2D eigenvalue weighted by Gasteiger charge is 2.16. The van der Waals surface area contributed by atoms with Crippen LogP contribution in [-0.4, -0.2) is 11.9 Å². The van der Waals surface area contributed by atoms with E-state index in [0.29, 0.717) is 18.3 Å². The maximum Gasteiger partial charge on any atom is 0.225 e. The van der Waals surface area contributed by atoms with E-state index in [1.807, 2.05) is 32.9 Å². The monoisotopic (exact) mass is 262 g/mol. The zero-order valence-electron chi connectivity index (χ0n) is 12.7. The van der Waals surface area contributed by atoms with Gasteiger partial charge in [0, 0.05) is 18.2 Å². The number of aryl methyl sites for hydroxylation is 1. The highest BCUT2D eigenvalue weighted by atomic mass is 16.1. The molecule has 0 aliphatic rings. The number of benzene rings is 1. The van der Waals surface area contributed by atoms with E-state index in [4.69, 9.17) is 5.73 Å². The van der Waals surface area contributed by atoms with Crippen LogP contribution < -0.4 is 11.1 Å². The predicted molar refractivity (Wildman–Crippen MR) is 81.3 cm³/mol. The van der Waals surface area contributed by atoms with Crippen LogP contribution in [0, 0.1) is 12.8 Å². The second-order valence-corrected chi connectivity index (χ2v) is 5.85. The minimum atomic E-state index is -0.0912. The molecule has 0 fully saturated rings. The molecule has 3 heteroatoms. The van der Waals surface area contributed by atoms with Crippen LogP contribution in [0.4, 0.5) is 5.69 Å². The van der Waals surface area contributed by atoms with Gasteiger partial charge in [0.25, 0.3) is 0 Å². The molecule has 0 aliphatic heterocycles. The molecule has 0 heterocycles. The number of anilines is 1. The van der Waals surface area contributed by atoms with Gasteiger partial charge in [0.05, 0.1) is 0 Å². The maximum atomic E-state index is 12.1. The molecule has 0 saturated heterocycles. The normalized spacial score (nSPS) is 12.8. The van der Waals surface area contributed by atoms with Crippen LogP contribution in [0.3, 0.4) is 0 Å². The fraction of sp³-hybridized carbons (Fsp3) is 0.562. The summed E-state index contributed by atoms with van der Waals surface area (Å²) in [5.74, 6) is 0.693. The first-order valence-electron chi connectivity index (χ1n) is 6.97. The summed E-state index contributed by atoms with van der Waals surface area (Å²) in [5, 5.41) is 3.03. The van der Waals surface area contributed by atoms with Crippen molar-refractivity contribution < 1.29 is 4.79 Å². The molecule has 1 rings (SSSR count). The van der Waals surface area contributed by atoms with Crippen LogP contribution in [-0.2, 0) is 4.79 Å². The lowest BCUT2D eigenvalue weighted by Gasteiger charge is -2.19. The fourth-order valence-corrected chi connectivity index (χ4v) is 1.98. The Morgan fingerprint density at radius 2 is 1.89 bits per heavy atom. The van der Waals surface area contributed by atoms with E-state index in [0.717, 1.165) is 11.3 Å². The molecule has 19 heavy (non-hydrogen) atoms. The molecular formula is C16H26N2O. The van der Waals surface area contributed by atoms with Crippen molar-refractivity contribution in [3.05, 3.63) is 29.3 Å². The molecule has 106 valence electrons. The number of para-hydroxylation sites is 1. The standard InChI is InChI=1S/C16H26N2O/c1-10(2)13-8-6-7-12(5)16(13)18-15(19)9-14(17)11(3)4/h6-8,10-11,14H,9,17H2,1-5H3,(H,18,19). The third kappa shape index (κ3) is 4.35. The lowest BCUT2D eigenvalue weighted by Crippen LogP contribution is -2.31. The van der Waals surface area contributed by atoms with Gasteiger partial charge in [-0.1, -0.05) is 45.9 Å². The van der Waals surface area contributed by atoms with E-state index in [2.05, 4.69) is 25.2 Å². The highest BCUT2D eigenvalue weighted by molar-refractivity contribution is 5.92. The van der Waals surface area contributed by atoms with Crippen LogP contribution in [0.1, 0.15) is 51.2 Å². The Morgan fingerprint density at radius 1 is 1.26 bits per heavy atom. The van der Waals surface area contributed by atoms with Crippen molar-refractivity contribution in [1.29, 1.82) is 0 Å². The largest absolute Gasteiger partial charge is 0.327 e. The number of nitrogens with one attached hydrogen (secondary N) is 1. The third-order valence-electron chi connectivity index (χ3n) is 3.47. The molecule has 1 aromatic rings. The minimum Gasteiger partial charge on any atom is -0.327 e. The van der Waals surface area contributed by atoms with Crippen molar-refractivity contribution in [2.24, 2.45) is 11.7 Å². The van der Waals surface area contributed by atoms with E-state index in [1.54, 1.807) is 0 Å². The van der Waals surface area contributed by atoms with Gasteiger partial charge >= 0.3 is 0 Å². The number of rotatable bonds is 5. The zero-order chi connectivity index (χ0) is 14.6. The van der Waals surface area contributed by atoms with Gasteiger partial charge in [-0.3, -0.25) is 4.79 Å². The van der Waals surface area contributed by atoms with Crippen LogP contribution in [0.25, 0.3) is 0 Å². The minimum absolute atomic E-state index is 0.00241. The SMILES string of the molecule is Cc1cccc(C(C)C)c1NC(=O)CC(N)C(C)C. The average Bonchev–Trinajstić information content (AvgIpc) is 2.31. The van der Waals surface area contributed by atoms with Crippen molar-refractivity contribution in [2.75, 3.05) is 5.32 Å². The Labute approximate surface area is 116 Å². The van der Waals surface area contributed by atoms with Gasteiger partial charge in [-0.25, -0.2) is 0 Å². The Hall–Kier alpha value is -1.35. The van der Waals surface area contributed by atoms with Crippen molar-refractivity contribution >= 4 is 11.6 Å². The van der Waals surface area contributed by atoms with Crippen molar-refractivity contribution in [3.63, 3.8) is 0 Å². The topological polar surface area (TPSA) is 55.1 Å². The van der Waals surface area contributed by atoms with Crippen molar-refractivity contribution in [2.45, 2.75) is 53.0 Å². The van der Waals surface area contributed by atoms with Gasteiger partial charge in [0.1, 0.15) is 0 Å². The number of hydrogen-bond acceptors (Lipinski definition) is 2. The second kappa shape index (κ2) is 6.71. The molecule has 1 unspecified atom stereocenters. The van der Waals surface area contributed by atoms with Gasteiger partial charge in [-0.2, -0.15) is 0 Å². The smallest absolute Gasteiger partial charge is 0.225 e. The summed E-state index contributed by atoms with van der Waals surface area (Å²) in [4.78, 5) is 12.1. The van der Waals surface area contributed by atoms with Crippen LogP contribution in [0.15, 0.2) is 18.2 Å². The van der Waals surface area contributed by atoms with Gasteiger partial charge in [-0.05, 0) is 29.9 Å². The fourth-order valence-electron chi connectivity index (χ4n) is 1.98. The zero-order valence-corrected chi connectivity index (χ0v) is 12.7. The van der Waals surface area contributed by atoms with Crippen molar-refractivity contribution in [1.82, 2.24) is 0 Å². The Kier molecular flexibility index (Phi) is 5.55. The molecule has 0 radical (unpaired) electrons. The summed E-state index contributed by atoms with van der Waals surface area (Å²) >= 11 is 0. The average molecular weight is 262 g/mol. The molecule has 0 aromatic heterocycles. The molecule has 0 spiro atoms. The quantitative estimate of drug-likeness (QED) is 0.854. The summed E-state index contributed by atoms with van der Waals surface area (Å²) in [6.45, 7) is 10.3. The summed E-state index contributed by atoms with van der Waals surface area (Å²) in [6.07, 6.45) is 0.365. The molecule has 3 nitrogen and oxygen atoms in total. The Morgan fingerprint density at radius 3 is 2.42 bits per heavy atom. The Bertz CT molecular complexity index is 438. The summed E-state index contributed by atoms with van der Waals surface area (Å²) < 4.78 is 0. The third-order valence-corrected chi connectivity index (χ3v) is 3.47. The van der Waals surface area contributed by atoms with E-state index in [1.165, 1.54) is 5.56 Å². The summed E-state index contributed by atoms with van der Waals surface area (Å²) in [7, 11) is 0. The van der Waals surface area contributed by atoms with E-state index in [9.17, 15) is 4.79 Å². The maximum absolute atomic E-state index is 12.1. The molecule has 3 N–H and O–H groups in total. The number of amides is 1. The molecule has 1 amide bonds. The molecule has 0 aliphatic carbocycles. The van der Waals surface area contributed by atoms with Gasteiger partial charge < -0.3 is 11.1 Å². The van der Waals surface area contributed by atoms with E-state index >= 15 is 0 Å². The molecule has 1 aromatic carbocycles. The number of hydrogen-bond donors (Lipinski definition) is 2. The van der Waals surface area contributed by atoms with Gasteiger partial charge in [-0.15, -0.1) is 0 Å². The first-order valence-corrected chi connectivity index (χ1v) is 6.97. The predicted octanol–water partition coefficient (Wildman–Crippen LogP) is 3.43. The first kappa shape index (κ1) is 15.7. The summed E-state index contributed by atoms with van der Waals surface area (Å²) in [6, 6.07) is 6.02. The number of carbonyl (C=O) groups is 1. The number of carbonyl (C=O) groups excluding carboxylic acids is 1. The second-order valence-electron chi connectivity index (χ2n) is 5.85. The highest BCUT2D eigenvalue weighted by Crippen LogP contribution is 2.27. The first-order chi connectivity index (χ1) is 8.82.